The Labute approximate surface area is 69.7 Å². The molecule has 0 unspecified atom stereocenters. The van der Waals surface area contributed by atoms with Crippen molar-refractivity contribution in [1.82, 2.24) is 5.01 Å². The summed E-state index contributed by atoms with van der Waals surface area (Å²) in [5.74, 6) is 5.65. The highest BCUT2D eigenvalue weighted by Gasteiger charge is 2.41. The predicted octanol–water partition coefficient (Wildman–Crippen LogP) is 1.76. The lowest BCUT2D eigenvalue weighted by Crippen LogP contribution is -2.35. The molecule has 0 aromatic carbocycles. The van der Waals surface area contributed by atoms with Crippen LogP contribution in [0.1, 0.15) is 39.5 Å². The Balaban J connectivity index is 0.000000281. The van der Waals surface area contributed by atoms with Gasteiger partial charge in [0.05, 0.1) is 0 Å². The molecule has 0 bridgehead atoms. The van der Waals surface area contributed by atoms with Crippen molar-refractivity contribution in [2.75, 3.05) is 13.1 Å². The molecule has 1 spiro atoms. The van der Waals surface area contributed by atoms with E-state index in [1.807, 2.05) is 18.9 Å². The molecule has 1 aliphatic carbocycles. The molecule has 0 amide bonds. The molecule has 0 radical (unpaired) electrons. The Morgan fingerprint density at radius 2 is 1.82 bits per heavy atom. The van der Waals surface area contributed by atoms with Crippen LogP contribution in [0.3, 0.4) is 0 Å². The Morgan fingerprint density at radius 1 is 1.18 bits per heavy atom. The Morgan fingerprint density at radius 3 is 2.00 bits per heavy atom. The minimum absolute atomic E-state index is 0.689. The summed E-state index contributed by atoms with van der Waals surface area (Å²) in [7, 11) is 0. The number of hydrazine groups is 1. The van der Waals surface area contributed by atoms with Gasteiger partial charge in [0.1, 0.15) is 0 Å². The number of hydrogen-bond donors (Lipinski definition) is 1. The van der Waals surface area contributed by atoms with Gasteiger partial charge in [0, 0.05) is 13.1 Å². The summed E-state index contributed by atoms with van der Waals surface area (Å²) in [4.78, 5) is 0. The number of nitrogens with zero attached hydrogens (tertiary/aromatic N) is 1. The van der Waals surface area contributed by atoms with Gasteiger partial charge in [-0.05, 0) is 24.7 Å². The van der Waals surface area contributed by atoms with Gasteiger partial charge < -0.3 is 0 Å². The molecule has 0 aromatic rings. The predicted molar refractivity (Wildman–Crippen MR) is 48.0 cm³/mol. The highest BCUT2D eigenvalue weighted by atomic mass is 15.4. The maximum atomic E-state index is 5.65. The molecule has 11 heavy (non-hydrogen) atoms. The fourth-order valence-corrected chi connectivity index (χ4v) is 2.05. The SMILES string of the molecule is CC.NN1CCC2(CCC2)C1. The van der Waals surface area contributed by atoms with Gasteiger partial charge in [-0.1, -0.05) is 20.3 Å². The van der Waals surface area contributed by atoms with Gasteiger partial charge in [0.25, 0.3) is 0 Å². The van der Waals surface area contributed by atoms with Crippen molar-refractivity contribution in [2.45, 2.75) is 39.5 Å². The highest BCUT2D eigenvalue weighted by Crippen LogP contribution is 2.46. The normalized spacial score (nSPS) is 27.5. The first-order valence-corrected chi connectivity index (χ1v) is 4.80. The molecule has 0 atom stereocenters. The fraction of sp³-hybridized carbons (Fsp3) is 1.00. The first-order chi connectivity index (χ1) is 5.31. The lowest BCUT2D eigenvalue weighted by molar-refractivity contribution is 0.139. The summed E-state index contributed by atoms with van der Waals surface area (Å²) in [6.07, 6.45) is 5.65. The maximum absolute atomic E-state index is 5.65. The zero-order valence-electron chi connectivity index (χ0n) is 7.77. The van der Waals surface area contributed by atoms with Gasteiger partial charge in [0.2, 0.25) is 0 Å². The second-order valence-electron chi connectivity index (χ2n) is 3.57. The third-order valence-corrected chi connectivity index (χ3v) is 2.88. The quantitative estimate of drug-likeness (QED) is 0.541. The van der Waals surface area contributed by atoms with Crippen LogP contribution < -0.4 is 5.84 Å². The van der Waals surface area contributed by atoms with Gasteiger partial charge >= 0.3 is 0 Å². The molecular weight excluding hydrogens is 136 g/mol. The molecule has 1 saturated heterocycles. The van der Waals surface area contributed by atoms with Crippen molar-refractivity contribution in [3.05, 3.63) is 0 Å². The minimum Gasteiger partial charge on any atom is -0.269 e. The zero-order chi connectivity index (χ0) is 8.32. The third-order valence-electron chi connectivity index (χ3n) is 2.88. The molecule has 66 valence electrons. The molecule has 1 aliphatic heterocycles. The average Bonchev–Trinajstić information content (AvgIpc) is 2.35. The average molecular weight is 156 g/mol. The van der Waals surface area contributed by atoms with E-state index < -0.39 is 0 Å². The van der Waals surface area contributed by atoms with E-state index in [1.165, 1.54) is 25.7 Å². The van der Waals surface area contributed by atoms with Gasteiger partial charge in [-0.15, -0.1) is 0 Å². The Bertz CT molecular complexity index is 119. The van der Waals surface area contributed by atoms with Crippen LogP contribution in [0.25, 0.3) is 0 Å². The summed E-state index contributed by atoms with van der Waals surface area (Å²) < 4.78 is 0. The number of nitrogens with two attached hydrogens (primary N) is 1. The molecule has 1 saturated carbocycles. The van der Waals surface area contributed by atoms with Crippen LogP contribution in [0.15, 0.2) is 0 Å². The summed E-state index contributed by atoms with van der Waals surface area (Å²) in [6, 6.07) is 0. The second kappa shape index (κ2) is 3.55. The number of hydrogen-bond acceptors (Lipinski definition) is 2. The molecule has 2 N–H and O–H groups in total. The molecule has 1 heterocycles. The van der Waals surface area contributed by atoms with Gasteiger partial charge in [0.15, 0.2) is 0 Å². The lowest BCUT2D eigenvalue weighted by Gasteiger charge is -2.37. The first-order valence-electron chi connectivity index (χ1n) is 4.80. The maximum Gasteiger partial charge on any atom is 0.0185 e. The van der Waals surface area contributed by atoms with Crippen molar-refractivity contribution in [3.63, 3.8) is 0 Å². The number of rotatable bonds is 0. The topological polar surface area (TPSA) is 29.3 Å². The molecule has 0 aromatic heterocycles. The van der Waals surface area contributed by atoms with Crippen molar-refractivity contribution in [3.8, 4) is 0 Å². The van der Waals surface area contributed by atoms with E-state index in [0.29, 0.717) is 5.41 Å². The van der Waals surface area contributed by atoms with E-state index >= 15 is 0 Å². The summed E-state index contributed by atoms with van der Waals surface area (Å²) >= 11 is 0. The molecule has 2 nitrogen and oxygen atoms in total. The molecular formula is C9H20N2. The van der Waals surface area contributed by atoms with E-state index in [-0.39, 0.29) is 0 Å². The minimum atomic E-state index is 0.689. The summed E-state index contributed by atoms with van der Waals surface area (Å²) in [5.41, 5.74) is 0.689. The van der Waals surface area contributed by atoms with Crippen LogP contribution in [0.2, 0.25) is 0 Å². The Kier molecular flexibility index (Phi) is 2.90. The lowest BCUT2D eigenvalue weighted by atomic mass is 9.68. The smallest absolute Gasteiger partial charge is 0.0185 e. The van der Waals surface area contributed by atoms with Crippen LogP contribution >= 0.6 is 0 Å². The Hall–Kier alpha value is -0.0800. The van der Waals surface area contributed by atoms with Crippen molar-refractivity contribution < 1.29 is 0 Å². The monoisotopic (exact) mass is 156 g/mol. The summed E-state index contributed by atoms with van der Waals surface area (Å²) in [6.45, 7) is 6.28. The van der Waals surface area contributed by atoms with Crippen molar-refractivity contribution in [1.29, 1.82) is 0 Å². The third kappa shape index (κ3) is 1.74. The fourth-order valence-electron chi connectivity index (χ4n) is 2.05. The molecule has 2 aliphatic rings. The van der Waals surface area contributed by atoms with Crippen LogP contribution in [0.4, 0.5) is 0 Å². The molecule has 2 heteroatoms. The van der Waals surface area contributed by atoms with E-state index in [0.717, 1.165) is 13.1 Å². The zero-order valence-corrected chi connectivity index (χ0v) is 7.77. The van der Waals surface area contributed by atoms with Crippen molar-refractivity contribution in [2.24, 2.45) is 11.3 Å². The van der Waals surface area contributed by atoms with Gasteiger partial charge in [-0.25, -0.2) is 5.01 Å². The molecule has 2 rings (SSSR count). The van der Waals surface area contributed by atoms with Crippen LogP contribution in [0.5, 0.6) is 0 Å². The summed E-state index contributed by atoms with van der Waals surface area (Å²) in [5, 5.41) is 1.97. The highest BCUT2D eigenvalue weighted by molar-refractivity contribution is 4.94. The van der Waals surface area contributed by atoms with E-state index in [1.54, 1.807) is 0 Å². The standard InChI is InChI=1S/C7H14N2.C2H6/c8-9-5-4-7(6-9)2-1-3-7;1-2/h1-6,8H2;1-2H3. The van der Waals surface area contributed by atoms with E-state index in [4.69, 9.17) is 5.84 Å². The van der Waals surface area contributed by atoms with Crippen molar-refractivity contribution >= 4 is 0 Å². The van der Waals surface area contributed by atoms with Gasteiger partial charge in [-0.2, -0.15) is 0 Å². The van der Waals surface area contributed by atoms with E-state index in [9.17, 15) is 0 Å². The van der Waals surface area contributed by atoms with Crippen LogP contribution in [-0.2, 0) is 0 Å². The largest absolute Gasteiger partial charge is 0.269 e. The second-order valence-corrected chi connectivity index (χ2v) is 3.57. The van der Waals surface area contributed by atoms with E-state index in [2.05, 4.69) is 0 Å². The van der Waals surface area contributed by atoms with Gasteiger partial charge in [-0.3, -0.25) is 5.84 Å². The first kappa shape index (κ1) is 9.01. The van der Waals surface area contributed by atoms with Crippen LogP contribution in [0, 0.1) is 5.41 Å². The molecule has 2 fully saturated rings. The van der Waals surface area contributed by atoms with Crippen LogP contribution in [-0.4, -0.2) is 18.1 Å².